The smallest absolute Gasteiger partial charge is 0.335 e. The molecule has 0 spiro atoms. The molecule has 0 fully saturated rings. The first-order valence-corrected chi connectivity index (χ1v) is 15.7. The summed E-state index contributed by atoms with van der Waals surface area (Å²) in [5.74, 6) is -0.367. The zero-order valence-corrected chi connectivity index (χ0v) is 27.0. The molecule has 0 unspecified atom stereocenters. The van der Waals surface area contributed by atoms with E-state index < -0.39 is 11.9 Å². The molecule has 6 nitrogen and oxygen atoms in total. The van der Waals surface area contributed by atoms with Crippen LogP contribution in [0, 0.1) is 6.92 Å². The van der Waals surface area contributed by atoms with Crippen molar-refractivity contribution in [1.82, 2.24) is 0 Å². The number of hydrogen-bond acceptors (Lipinski definition) is 6. The van der Waals surface area contributed by atoms with Crippen LogP contribution in [-0.4, -0.2) is 11.9 Å². The van der Waals surface area contributed by atoms with Gasteiger partial charge in [0.05, 0.1) is 0 Å². The van der Waals surface area contributed by atoms with Crippen molar-refractivity contribution in [3.8, 4) is 22.6 Å². The molecule has 240 valence electrons. The molecule has 0 heterocycles. The van der Waals surface area contributed by atoms with Crippen LogP contribution in [-0.2, 0) is 9.59 Å². The molecule has 6 rings (SSSR count). The monoisotopic (exact) mass is 642 g/mol. The van der Waals surface area contributed by atoms with Crippen molar-refractivity contribution < 1.29 is 19.1 Å². The second-order valence-corrected chi connectivity index (χ2v) is 11.2. The minimum atomic E-state index is -0.553. The molecule has 0 aliphatic carbocycles. The molecule has 0 aliphatic heterocycles. The predicted molar refractivity (Wildman–Crippen MR) is 198 cm³/mol. The number of carbonyl (C=O) groups is 2. The van der Waals surface area contributed by atoms with E-state index in [4.69, 9.17) is 9.47 Å². The summed E-state index contributed by atoms with van der Waals surface area (Å²) in [5, 5.41) is 0. The van der Waals surface area contributed by atoms with Crippen LogP contribution in [0.15, 0.2) is 177 Å². The number of hydrogen-bond donors (Lipinski definition) is 0. The van der Waals surface area contributed by atoms with Gasteiger partial charge in [-0.1, -0.05) is 85.5 Å². The number of carbonyl (C=O) groups excluding carboxylic acids is 2. The lowest BCUT2D eigenvalue weighted by Gasteiger charge is -2.26. The quantitative estimate of drug-likeness (QED) is 0.0796. The lowest BCUT2D eigenvalue weighted by molar-refractivity contribution is -0.129. The van der Waals surface area contributed by atoms with Gasteiger partial charge in [-0.2, -0.15) is 0 Å². The van der Waals surface area contributed by atoms with Crippen LogP contribution in [0.25, 0.3) is 11.1 Å². The number of anilines is 6. The third-order valence-corrected chi connectivity index (χ3v) is 7.81. The summed E-state index contributed by atoms with van der Waals surface area (Å²) in [6.07, 6.45) is 2.24. The molecule has 0 N–H and O–H groups in total. The normalized spacial score (nSPS) is 10.5. The topological polar surface area (TPSA) is 59.1 Å². The molecule has 49 heavy (non-hydrogen) atoms. The number of para-hydroxylation sites is 1. The molecule has 0 bridgehead atoms. The van der Waals surface area contributed by atoms with Gasteiger partial charge in [0.1, 0.15) is 11.5 Å². The molecule has 0 radical (unpaired) electrons. The Hall–Kier alpha value is -6.66. The first-order valence-electron chi connectivity index (χ1n) is 15.7. The third kappa shape index (κ3) is 7.67. The van der Waals surface area contributed by atoms with Gasteiger partial charge >= 0.3 is 11.9 Å². The predicted octanol–water partition coefficient (Wildman–Crippen LogP) is 10.8. The first-order chi connectivity index (χ1) is 23.9. The van der Waals surface area contributed by atoms with Crippen LogP contribution in [0.2, 0.25) is 0 Å². The molecule has 0 aromatic heterocycles. The van der Waals surface area contributed by atoms with E-state index in [0.717, 1.165) is 57.4 Å². The maximum absolute atomic E-state index is 12.0. The lowest BCUT2D eigenvalue weighted by Crippen LogP contribution is -2.11. The van der Waals surface area contributed by atoms with Crippen molar-refractivity contribution in [3.05, 3.63) is 183 Å². The van der Waals surface area contributed by atoms with E-state index in [-0.39, 0.29) is 0 Å². The number of aryl methyl sites for hydroxylation is 1. The average molecular weight is 643 g/mol. The van der Waals surface area contributed by atoms with Gasteiger partial charge in [-0.3, -0.25) is 0 Å². The van der Waals surface area contributed by atoms with Gasteiger partial charge in [0, 0.05) is 58.4 Å². The summed E-state index contributed by atoms with van der Waals surface area (Å²) in [5.41, 5.74) is 8.84. The summed E-state index contributed by atoms with van der Waals surface area (Å²) < 4.78 is 10.8. The van der Waals surface area contributed by atoms with Crippen molar-refractivity contribution >= 4 is 46.1 Å². The second-order valence-electron chi connectivity index (χ2n) is 11.2. The molecule has 6 aromatic carbocycles. The summed E-state index contributed by atoms with van der Waals surface area (Å²) in [4.78, 5) is 28.1. The first kappa shape index (κ1) is 32.3. The van der Waals surface area contributed by atoms with E-state index in [1.165, 1.54) is 5.56 Å². The van der Waals surface area contributed by atoms with Crippen LogP contribution in [0.3, 0.4) is 0 Å². The molecule has 0 amide bonds. The van der Waals surface area contributed by atoms with Crippen LogP contribution in [0.1, 0.15) is 5.56 Å². The Bertz CT molecular complexity index is 2020. The van der Waals surface area contributed by atoms with Gasteiger partial charge in [-0.05, 0) is 90.8 Å². The van der Waals surface area contributed by atoms with E-state index >= 15 is 0 Å². The fraction of sp³-hybridized carbons (Fsp3) is 0.0233. The second kappa shape index (κ2) is 14.8. The van der Waals surface area contributed by atoms with Crippen LogP contribution in [0.4, 0.5) is 34.1 Å². The molecule has 0 saturated heterocycles. The highest BCUT2D eigenvalue weighted by atomic mass is 16.5. The summed E-state index contributed by atoms with van der Waals surface area (Å²) in [6, 6.07) is 49.9. The number of esters is 2. The lowest BCUT2D eigenvalue weighted by atomic mass is 10.0. The van der Waals surface area contributed by atoms with Gasteiger partial charge in [0.2, 0.25) is 0 Å². The molecular formula is C43H34N2O4. The minimum absolute atomic E-state index is 0.369. The van der Waals surface area contributed by atoms with Gasteiger partial charge in [-0.25, -0.2) is 9.59 Å². The van der Waals surface area contributed by atoms with Crippen molar-refractivity contribution in [2.24, 2.45) is 0 Å². The molecule has 6 heteroatoms. The van der Waals surface area contributed by atoms with Crippen molar-refractivity contribution in [2.45, 2.75) is 6.92 Å². The highest BCUT2D eigenvalue weighted by Crippen LogP contribution is 2.39. The van der Waals surface area contributed by atoms with Gasteiger partial charge in [0.25, 0.3) is 0 Å². The van der Waals surface area contributed by atoms with E-state index in [9.17, 15) is 9.59 Å². The number of benzene rings is 6. The van der Waals surface area contributed by atoms with Crippen molar-refractivity contribution in [1.29, 1.82) is 0 Å². The maximum Gasteiger partial charge on any atom is 0.335 e. The molecule has 6 aromatic rings. The van der Waals surface area contributed by atoms with E-state index in [1.807, 2.05) is 47.4 Å². The highest BCUT2D eigenvalue weighted by molar-refractivity contribution is 5.86. The van der Waals surface area contributed by atoms with E-state index in [0.29, 0.717) is 11.5 Å². The van der Waals surface area contributed by atoms with Crippen LogP contribution in [0.5, 0.6) is 11.5 Å². The zero-order valence-electron chi connectivity index (χ0n) is 27.0. The van der Waals surface area contributed by atoms with Gasteiger partial charge < -0.3 is 19.3 Å². The maximum atomic E-state index is 12.0. The average Bonchev–Trinajstić information content (AvgIpc) is 3.14. The highest BCUT2D eigenvalue weighted by Gasteiger charge is 2.17. The van der Waals surface area contributed by atoms with Gasteiger partial charge in [0.15, 0.2) is 0 Å². The standard InChI is InChI=1S/C43H34N2O4/c1-4-42(46)48-40-15-9-13-38(29-40)45(39-14-10-16-41(30-39)49-43(47)5-2)37-27-21-33(22-28-37)32-19-25-36(26-20-32)44(34-11-7-6-8-12-34)35-23-17-31(3)18-24-35/h4-30H,1-2H2,3H3. The molecule has 0 saturated carbocycles. The fourth-order valence-corrected chi connectivity index (χ4v) is 5.46. The number of rotatable bonds is 11. The summed E-state index contributed by atoms with van der Waals surface area (Å²) >= 11 is 0. The Morgan fingerprint density at radius 3 is 1.27 bits per heavy atom. The Morgan fingerprint density at radius 2 is 0.837 bits per heavy atom. The van der Waals surface area contributed by atoms with E-state index in [1.54, 1.807) is 36.4 Å². The van der Waals surface area contributed by atoms with Crippen molar-refractivity contribution in [2.75, 3.05) is 9.80 Å². The Kier molecular flexibility index (Phi) is 9.78. The zero-order chi connectivity index (χ0) is 34.2. The largest absolute Gasteiger partial charge is 0.423 e. The van der Waals surface area contributed by atoms with E-state index in [2.05, 4.69) is 97.8 Å². The Balaban J connectivity index is 1.34. The minimum Gasteiger partial charge on any atom is -0.423 e. The summed E-state index contributed by atoms with van der Waals surface area (Å²) in [7, 11) is 0. The molecular weight excluding hydrogens is 608 g/mol. The molecule has 0 aliphatic rings. The van der Waals surface area contributed by atoms with Crippen LogP contribution < -0.4 is 19.3 Å². The number of nitrogens with zero attached hydrogens (tertiary/aromatic N) is 2. The van der Waals surface area contributed by atoms with Crippen molar-refractivity contribution in [3.63, 3.8) is 0 Å². The fourth-order valence-electron chi connectivity index (χ4n) is 5.46. The summed E-state index contributed by atoms with van der Waals surface area (Å²) in [6.45, 7) is 9.07. The Morgan fingerprint density at radius 1 is 0.469 bits per heavy atom. The van der Waals surface area contributed by atoms with Gasteiger partial charge in [-0.15, -0.1) is 0 Å². The third-order valence-electron chi connectivity index (χ3n) is 7.81. The SMILES string of the molecule is C=CC(=O)Oc1cccc(N(c2ccc(-c3ccc(N(c4ccccc4)c4ccc(C)cc4)cc3)cc2)c2cccc(OC(=O)C=C)c2)c1. The molecule has 0 atom stereocenters. The van der Waals surface area contributed by atoms with Crippen LogP contribution >= 0.6 is 0 Å². The Labute approximate surface area is 286 Å². The number of ether oxygens (including phenoxy) is 2.